The van der Waals surface area contributed by atoms with Crippen molar-refractivity contribution in [2.45, 2.75) is 30.8 Å². The van der Waals surface area contributed by atoms with Crippen LogP contribution < -0.4 is 4.74 Å². The average molecular weight is 263 g/mol. The van der Waals surface area contributed by atoms with Crippen molar-refractivity contribution >= 4 is 21.7 Å². The predicted molar refractivity (Wildman–Crippen MR) is 59.7 cm³/mol. The third-order valence-electron chi connectivity index (χ3n) is 2.37. The lowest BCUT2D eigenvalue weighted by Gasteiger charge is -2.17. The lowest BCUT2D eigenvalue weighted by atomic mass is 10.0. The van der Waals surface area contributed by atoms with Crippen molar-refractivity contribution < 1.29 is 17.7 Å². The second-order valence-electron chi connectivity index (χ2n) is 4.41. The van der Waals surface area contributed by atoms with Gasteiger partial charge in [0.2, 0.25) is 0 Å². The Bertz CT molecular complexity index is 548. The topological polar surface area (TPSA) is 63.6 Å². The average Bonchev–Trinajstić information content (AvgIpc) is 2.35. The Morgan fingerprint density at radius 2 is 2.06 bits per heavy atom. The van der Waals surface area contributed by atoms with E-state index >= 15 is 0 Å². The molecule has 0 amide bonds. The molecule has 0 unspecified atom stereocenters. The molecule has 1 aromatic rings. The van der Waals surface area contributed by atoms with Crippen molar-refractivity contribution in [1.82, 2.24) is 0 Å². The molecule has 6 heteroatoms. The summed E-state index contributed by atoms with van der Waals surface area (Å²) in [5.74, 6) is 0.205. The van der Waals surface area contributed by atoms with Crippen LogP contribution in [0.15, 0.2) is 17.0 Å². The van der Waals surface area contributed by atoms with Gasteiger partial charge in [0.1, 0.15) is 16.2 Å². The molecule has 0 spiro atoms. The van der Waals surface area contributed by atoms with Crippen molar-refractivity contribution in [2.24, 2.45) is 0 Å². The molecule has 0 fully saturated rings. The molecule has 88 valence electrons. The Hall–Kier alpha value is -0.780. The van der Waals surface area contributed by atoms with Crippen LogP contribution in [0.25, 0.3) is 0 Å². The molecule has 0 radical (unpaired) electrons. The number of benzene rings is 1. The van der Waals surface area contributed by atoms with Crippen LogP contribution in [-0.2, 0) is 16.5 Å². The molecule has 0 aromatic heterocycles. The molecule has 0 saturated heterocycles. The molecule has 2 rings (SSSR count). The van der Waals surface area contributed by atoms with Crippen LogP contribution in [0.4, 0.5) is 0 Å². The zero-order chi connectivity index (χ0) is 12.1. The molecular formula is C10H11ClO4S. The van der Waals surface area contributed by atoms with Crippen LogP contribution in [-0.4, -0.2) is 18.6 Å². The third-order valence-corrected chi connectivity index (χ3v) is 3.45. The van der Waals surface area contributed by atoms with E-state index in [9.17, 15) is 8.42 Å². The fraction of sp³-hybridized carbons (Fsp3) is 0.400. The number of hydrogen-bond donors (Lipinski definition) is 1. The molecule has 1 heterocycles. The molecule has 0 saturated carbocycles. The van der Waals surface area contributed by atoms with Crippen LogP contribution in [0.3, 0.4) is 0 Å². The summed E-state index contributed by atoms with van der Waals surface area (Å²) in [5, 5.41) is 0.271. The van der Waals surface area contributed by atoms with Crippen molar-refractivity contribution in [2.75, 3.05) is 0 Å². The SMILES string of the molecule is CC1(C)Cc2cc(Cl)cc(S(=O)(=O)O)c2O1. The van der Waals surface area contributed by atoms with Crippen LogP contribution in [0.5, 0.6) is 5.75 Å². The highest BCUT2D eigenvalue weighted by molar-refractivity contribution is 7.86. The lowest BCUT2D eigenvalue weighted by Crippen LogP contribution is -2.25. The maximum atomic E-state index is 11.2. The maximum absolute atomic E-state index is 11.2. The van der Waals surface area contributed by atoms with Crippen LogP contribution >= 0.6 is 11.6 Å². The van der Waals surface area contributed by atoms with Gasteiger partial charge in [0.05, 0.1) is 0 Å². The van der Waals surface area contributed by atoms with Gasteiger partial charge in [0.25, 0.3) is 10.1 Å². The Morgan fingerprint density at radius 3 is 2.62 bits per heavy atom. The van der Waals surface area contributed by atoms with Gasteiger partial charge < -0.3 is 4.74 Å². The second-order valence-corrected chi connectivity index (χ2v) is 6.23. The summed E-state index contributed by atoms with van der Waals surface area (Å²) in [7, 11) is -4.31. The zero-order valence-electron chi connectivity index (χ0n) is 8.82. The van der Waals surface area contributed by atoms with Gasteiger partial charge >= 0.3 is 0 Å². The largest absolute Gasteiger partial charge is 0.486 e. The highest BCUT2D eigenvalue weighted by Gasteiger charge is 2.35. The summed E-state index contributed by atoms with van der Waals surface area (Å²) in [6.07, 6.45) is 0.561. The maximum Gasteiger partial charge on any atom is 0.298 e. The fourth-order valence-corrected chi connectivity index (χ4v) is 2.82. The van der Waals surface area contributed by atoms with E-state index in [0.717, 1.165) is 0 Å². The van der Waals surface area contributed by atoms with Crippen LogP contribution in [0.1, 0.15) is 19.4 Å². The summed E-state index contributed by atoms with van der Waals surface area (Å²) < 4.78 is 36.9. The molecule has 1 N–H and O–H groups in total. The minimum atomic E-state index is -4.31. The Kier molecular flexibility index (Phi) is 2.45. The monoisotopic (exact) mass is 262 g/mol. The molecule has 16 heavy (non-hydrogen) atoms. The van der Waals surface area contributed by atoms with Crippen LogP contribution in [0, 0.1) is 0 Å². The van der Waals surface area contributed by atoms with Crippen molar-refractivity contribution in [3.63, 3.8) is 0 Å². The van der Waals surface area contributed by atoms with E-state index in [1.807, 2.05) is 13.8 Å². The normalized spacial score (nSPS) is 18.0. The van der Waals surface area contributed by atoms with E-state index < -0.39 is 15.7 Å². The number of hydrogen-bond acceptors (Lipinski definition) is 3. The molecule has 0 bridgehead atoms. The smallest absolute Gasteiger partial charge is 0.298 e. The van der Waals surface area contributed by atoms with Gasteiger partial charge in [-0.25, -0.2) is 0 Å². The fourth-order valence-electron chi connectivity index (χ4n) is 1.83. The van der Waals surface area contributed by atoms with Gasteiger partial charge in [-0.2, -0.15) is 8.42 Å². The molecule has 1 aliphatic heterocycles. The standard InChI is InChI=1S/C10H11ClO4S/c1-10(2)5-6-3-7(11)4-8(9(6)15-10)16(12,13)14/h3-4H,5H2,1-2H3,(H,12,13,14). The van der Waals surface area contributed by atoms with Crippen molar-refractivity contribution in [3.05, 3.63) is 22.7 Å². The van der Waals surface area contributed by atoms with Crippen molar-refractivity contribution in [1.29, 1.82) is 0 Å². The van der Waals surface area contributed by atoms with E-state index in [1.165, 1.54) is 6.07 Å². The van der Waals surface area contributed by atoms with Gasteiger partial charge in [-0.1, -0.05) is 11.6 Å². The highest BCUT2D eigenvalue weighted by atomic mass is 35.5. The first-order valence-corrected chi connectivity index (χ1v) is 6.50. The Labute approximate surface area is 98.9 Å². The summed E-state index contributed by atoms with van der Waals surface area (Å²) in [6, 6.07) is 2.84. The zero-order valence-corrected chi connectivity index (χ0v) is 10.4. The summed E-state index contributed by atoms with van der Waals surface area (Å²) in [4.78, 5) is -0.263. The minimum Gasteiger partial charge on any atom is -0.486 e. The van der Waals surface area contributed by atoms with E-state index in [-0.39, 0.29) is 15.7 Å². The van der Waals surface area contributed by atoms with Gasteiger partial charge in [-0.15, -0.1) is 0 Å². The van der Waals surface area contributed by atoms with E-state index in [0.29, 0.717) is 12.0 Å². The first-order chi connectivity index (χ1) is 7.19. The molecule has 4 nitrogen and oxygen atoms in total. The molecular weight excluding hydrogens is 252 g/mol. The van der Waals surface area contributed by atoms with Crippen molar-refractivity contribution in [3.8, 4) is 5.75 Å². The highest BCUT2D eigenvalue weighted by Crippen LogP contribution is 2.41. The quantitative estimate of drug-likeness (QED) is 0.789. The van der Waals surface area contributed by atoms with E-state index in [2.05, 4.69) is 0 Å². The molecule has 0 aliphatic carbocycles. The van der Waals surface area contributed by atoms with E-state index in [1.54, 1.807) is 6.07 Å². The second kappa shape index (κ2) is 3.35. The number of ether oxygens (including phenoxy) is 1. The van der Waals surface area contributed by atoms with Gasteiger partial charge in [0, 0.05) is 17.0 Å². The molecule has 0 atom stereocenters. The first kappa shape index (κ1) is 11.7. The summed E-state index contributed by atoms with van der Waals surface area (Å²) >= 11 is 5.80. The first-order valence-electron chi connectivity index (χ1n) is 4.68. The number of rotatable bonds is 1. The lowest BCUT2D eigenvalue weighted by molar-refractivity contribution is 0.134. The van der Waals surface area contributed by atoms with Crippen LogP contribution in [0.2, 0.25) is 5.02 Å². The third kappa shape index (κ3) is 2.03. The minimum absolute atomic E-state index is 0.205. The van der Waals surface area contributed by atoms with Gasteiger partial charge in [-0.3, -0.25) is 4.55 Å². The van der Waals surface area contributed by atoms with Gasteiger partial charge in [-0.05, 0) is 26.0 Å². The molecule has 1 aromatic carbocycles. The summed E-state index contributed by atoms with van der Waals surface area (Å²) in [5.41, 5.74) is 0.219. The number of halogens is 1. The number of fused-ring (bicyclic) bond motifs is 1. The van der Waals surface area contributed by atoms with Gasteiger partial charge in [0.15, 0.2) is 0 Å². The summed E-state index contributed by atoms with van der Waals surface area (Å²) in [6.45, 7) is 3.68. The predicted octanol–water partition coefficient (Wildman–Crippen LogP) is 2.30. The molecule has 1 aliphatic rings. The van der Waals surface area contributed by atoms with E-state index in [4.69, 9.17) is 20.9 Å². The Balaban J connectivity index is 2.68. The Morgan fingerprint density at radius 1 is 1.44 bits per heavy atom.